The quantitative estimate of drug-likeness (QED) is 0.780. The van der Waals surface area contributed by atoms with Gasteiger partial charge in [0.1, 0.15) is 5.82 Å². The molecule has 2 aliphatic rings. The van der Waals surface area contributed by atoms with Gasteiger partial charge < -0.3 is 14.5 Å². The SMILES string of the molecule is O=C(CCCc1ccc(F)cc1)N1CCCN(CC2CCCOC2)CC1. The molecule has 0 saturated carbocycles. The van der Waals surface area contributed by atoms with Crippen LogP contribution in [0.5, 0.6) is 0 Å². The molecular formula is C21H31FN2O2. The van der Waals surface area contributed by atoms with Gasteiger partial charge in [-0.3, -0.25) is 4.79 Å². The fraction of sp³-hybridized carbons (Fsp3) is 0.667. The Morgan fingerprint density at radius 1 is 1.12 bits per heavy atom. The number of benzene rings is 1. The molecule has 0 bridgehead atoms. The molecule has 1 aromatic rings. The van der Waals surface area contributed by atoms with Crippen molar-refractivity contribution in [2.75, 3.05) is 45.9 Å². The molecule has 0 N–H and O–H groups in total. The Balaban J connectivity index is 1.37. The molecule has 0 spiro atoms. The van der Waals surface area contributed by atoms with E-state index in [1.165, 1.54) is 25.0 Å². The summed E-state index contributed by atoms with van der Waals surface area (Å²) in [6.45, 7) is 6.66. The van der Waals surface area contributed by atoms with Crippen LogP contribution in [0.3, 0.4) is 0 Å². The molecule has 1 unspecified atom stereocenters. The van der Waals surface area contributed by atoms with Crippen molar-refractivity contribution < 1.29 is 13.9 Å². The van der Waals surface area contributed by atoms with Crippen molar-refractivity contribution in [1.82, 2.24) is 9.80 Å². The Morgan fingerprint density at radius 2 is 1.96 bits per heavy atom. The zero-order chi connectivity index (χ0) is 18.2. The van der Waals surface area contributed by atoms with Gasteiger partial charge in [-0.05, 0) is 62.3 Å². The van der Waals surface area contributed by atoms with Crippen LogP contribution >= 0.6 is 0 Å². The van der Waals surface area contributed by atoms with E-state index in [2.05, 4.69) is 4.90 Å². The van der Waals surface area contributed by atoms with Gasteiger partial charge in [0.05, 0.1) is 6.61 Å². The van der Waals surface area contributed by atoms with Crippen molar-refractivity contribution in [3.05, 3.63) is 35.6 Å². The number of aryl methyl sites for hydroxylation is 1. The fourth-order valence-corrected chi connectivity index (χ4v) is 3.97. The summed E-state index contributed by atoms with van der Waals surface area (Å²) < 4.78 is 18.5. The Bertz CT molecular complexity index is 558. The maximum absolute atomic E-state index is 12.9. The molecule has 1 aromatic carbocycles. The van der Waals surface area contributed by atoms with Gasteiger partial charge in [-0.1, -0.05) is 12.1 Å². The topological polar surface area (TPSA) is 32.8 Å². The fourth-order valence-electron chi connectivity index (χ4n) is 3.97. The molecule has 0 aliphatic carbocycles. The Kier molecular flexibility index (Phi) is 7.44. The molecule has 0 radical (unpaired) electrons. The van der Waals surface area contributed by atoms with Crippen LogP contribution in [0, 0.1) is 11.7 Å². The van der Waals surface area contributed by atoms with Crippen molar-refractivity contribution >= 4 is 5.91 Å². The zero-order valence-electron chi connectivity index (χ0n) is 15.7. The van der Waals surface area contributed by atoms with Crippen molar-refractivity contribution in [3.8, 4) is 0 Å². The smallest absolute Gasteiger partial charge is 0.222 e. The van der Waals surface area contributed by atoms with E-state index in [1.54, 1.807) is 12.1 Å². The van der Waals surface area contributed by atoms with Gasteiger partial charge in [0.25, 0.3) is 0 Å². The molecule has 1 atom stereocenters. The van der Waals surface area contributed by atoms with Gasteiger partial charge in [0.2, 0.25) is 5.91 Å². The van der Waals surface area contributed by atoms with Gasteiger partial charge in [0.15, 0.2) is 0 Å². The zero-order valence-corrected chi connectivity index (χ0v) is 15.7. The summed E-state index contributed by atoms with van der Waals surface area (Å²) in [7, 11) is 0. The average molecular weight is 362 g/mol. The van der Waals surface area contributed by atoms with Gasteiger partial charge in [-0.2, -0.15) is 0 Å². The van der Waals surface area contributed by atoms with E-state index < -0.39 is 0 Å². The summed E-state index contributed by atoms with van der Waals surface area (Å²) in [4.78, 5) is 17.1. The van der Waals surface area contributed by atoms with E-state index in [4.69, 9.17) is 4.74 Å². The number of hydrogen-bond acceptors (Lipinski definition) is 3. The van der Waals surface area contributed by atoms with Crippen LogP contribution in [0.15, 0.2) is 24.3 Å². The first-order chi connectivity index (χ1) is 12.7. The molecule has 2 heterocycles. The summed E-state index contributed by atoms with van der Waals surface area (Å²) >= 11 is 0. The molecule has 4 nitrogen and oxygen atoms in total. The number of hydrogen-bond donors (Lipinski definition) is 0. The number of carbonyl (C=O) groups is 1. The maximum Gasteiger partial charge on any atom is 0.222 e. The van der Waals surface area contributed by atoms with Crippen molar-refractivity contribution in [2.45, 2.75) is 38.5 Å². The van der Waals surface area contributed by atoms with Crippen LogP contribution in [0.2, 0.25) is 0 Å². The Hall–Kier alpha value is -1.46. The first-order valence-electron chi connectivity index (χ1n) is 10.0. The third-order valence-electron chi connectivity index (χ3n) is 5.48. The third kappa shape index (κ3) is 6.06. The van der Waals surface area contributed by atoms with Crippen LogP contribution in [-0.2, 0) is 16.0 Å². The van der Waals surface area contributed by atoms with Gasteiger partial charge in [-0.25, -0.2) is 4.39 Å². The van der Waals surface area contributed by atoms with E-state index in [9.17, 15) is 9.18 Å². The van der Waals surface area contributed by atoms with E-state index in [1.807, 2.05) is 4.90 Å². The van der Waals surface area contributed by atoms with Crippen LogP contribution in [0.1, 0.15) is 37.7 Å². The second-order valence-electron chi connectivity index (χ2n) is 7.60. The molecular weight excluding hydrogens is 331 g/mol. The molecule has 26 heavy (non-hydrogen) atoms. The molecule has 1 amide bonds. The van der Waals surface area contributed by atoms with Gasteiger partial charge >= 0.3 is 0 Å². The lowest BCUT2D eigenvalue weighted by Crippen LogP contribution is -2.37. The lowest BCUT2D eigenvalue weighted by molar-refractivity contribution is -0.131. The second-order valence-corrected chi connectivity index (χ2v) is 7.60. The molecule has 0 aromatic heterocycles. The number of rotatable bonds is 6. The third-order valence-corrected chi connectivity index (χ3v) is 5.48. The summed E-state index contributed by atoms with van der Waals surface area (Å²) in [5.74, 6) is 0.704. The summed E-state index contributed by atoms with van der Waals surface area (Å²) in [5, 5.41) is 0. The minimum absolute atomic E-state index is 0.210. The second kappa shape index (κ2) is 10.0. The Labute approximate surface area is 156 Å². The number of ether oxygens (including phenoxy) is 1. The minimum atomic E-state index is -0.210. The molecule has 144 valence electrons. The van der Waals surface area contributed by atoms with E-state index in [-0.39, 0.29) is 11.7 Å². The number of carbonyl (C=O) groups excluding carboxylic acids is 1. The summed E-state index contributed by atoms with van der Waals surface area (Å²) in [6.07, 6.45) is 5.72. The molecule has 2 aliphatic heterocycles. The highest BCUT2D eigenvalue weighted by Gasteiger charge is 2.22. The Morgan fingerprint density at radius 3 is 2.73 bits per heavy atom. The highest BCUT2D eigenvalue weighted by molar-refractivity contribution is 5.76. The van der Waals surface area contributed by atoms with Crippen molar-refractivity contribution in [2.24, 2.45) is 5.92 Å². The first kappa shape index (κ1) is 19.3. The van der Waals surface area contributed by atoms with Gasteiger partial charge in [-0.15, -0.1) is 0 Å². The van der Waals surface area contributed by atoms with Crippen LogP contribution in [0.4, 0.5) is 4.39 Å². The normalized spacial score (nSPS) is 22.2. The lowest BCUT2D eigenvalue weighted by atomic mass is 10.0. The number of nitrogens with zero attached hydrogens (tertiary/aromatic N) is 2. The largest absolute Gasteiger partial charge is 0.381 e. The summed E-state index contributed by atoms with van der Waals surface area (Å²) in [5.41, 5.74) is 1.09. The van der Waals surface area contributed by atoms with E-state index >= 15 is 0 Å². The van der Waals surface area contributed by atoms with E-state index in [0.29, 0.717) is 12.3 Å². The van der Waals surface area contributed by atoms with Crippen LogP contribution < -0.4 is 0 Å². The van der Waals surface area contributed by atoms with Crippen molar-refractivity contribution in [3.63, 3.8) is 0 Å². The van der Waals surface area contributed by atoms with Crippen LogP contribution in [-0.4, -0.2) is 61.6 Å². The maximum atomic E-state index is 12.9. The lowest BCUT2D eigenvalue weighted by Gasteiger charge is -2.28. The minimum Gasteiger partial charge on any atom is -0.381 e. The highest BCUT2D eigenvalue weighted by Crippen LogP contribution is 2.16. The first-order valence-corrected chi connectivity index (χ1v) is 10.0. The molecule has 5 heteroatoms. The number of halogens is 1. The number of amides is 1. The molecule has 3 rings (SSSR count). The van der Waals surface area contributed by atoms with Gasteiger partial charge in [0, 0.05) is 39.2 Å². The predicted octanol–water partition coefficient (Wildman–Crippen LogP) is 3.11. The monoisotopic (exact) mass is 362 g/mol. The van der Waals surface area contributed by atoms with Crippen molar-refractivity contribution in [1.29, 1.82) is 0 Å². The standard InChI is InChI=1S/C21H31FN2O2/c22-20-9-7-18(8-10-20)4-1-6-21(25)24-12-3-11-23(13-14-24)16-19-5-2-15-26-17-19/h7-10,19H,1-6,11-17H2. The van der Waals surface area contributed by atoms with E-state index in [0.717, 1.165) is 70.8 Å². The highest BCUT2D eigenvalue weighted by atomic mass is 19.1. The predicted molar refractivity (Wildman–Crippen MR) is 101 cm³/mol. The average Bonchev–Trinajstić information content (AvgIpc) is 2.90. The molecule has 2 saturated heterocycles. The molecule has 2 fully saturated rings. The summed E-state index contributed by atoms with van der Waals surface area (Å²) in [6, 6.07) is 6.58. The van der Waals surface area contributed by atoms with Crippen LogP contribution in [0.25, 0.3) is 0 Å².